The first-order chi connectivity index (χ1) is 12.4. The summed E-state index contributed by atoms with van der Waals surface area (Å²) in [6.45, 7) is 1.44. The fraction of sp³-hybridized carbons (Fsp3) is 0.368. The highest BCUT2D eigenvalue weighted by Crippen LogP contribution is 2.30. The quantitative estimate of drug-likeness (QED) is 0.548. The van der Waals surface area contributed by atoms with Crippen molar-refractivity contribution < 1.29 is 29.3 Å². The molecule has 26 heavy (non-hydrogen) atoms. The number of benzene rings is 1. The van der Waals surface area contributed by atoms with Crippen LogP contribution in [0.25, 0.3) is 6.08 Å². The van der Waals surface area contributed by atoms with Crippen LogP contribution in [0.4, 0.5) is 0 Å². The number of aliphatic hydroxyl groups excluding tert-OH is 1. The molecule has 140 valence electrons. The molecular weight excluding hydrogens is 338 g/mol. The molecule has 0 aliphatic carbocycles. The predicted octanol–water partition coefficient (Wildman–Crippen LogP) is 1.79. The molecule has 2 rings (SSSR count). The molecule has 0 aromatic heterocycles. The lowest BCUT2D eigenvalue weighted by Crippen LogP contribution is -2.36. The lowest BCUT2D eigenvalue weighted by atomic mass is 10.0. The number of cyclic esters (lactones) is 1. The zero-order valence-corrected chi connectivity index (χ0v) is 14.8. The number of nitrogens with one attached hydrogen (secondary N) is 1. The number of methoxy groups -OCH3 is 1. The third kappa shape index (κ3) is 5.10. The topological polar surface area (TPSA) is 105 Å². The Bertz CT molecular complexity index is 725. The Morgan fingerprint density at radius 3 is 2.77 bits per heavy atom. The number of phenols is 1. The third-order valence-corrected chi connectivity index (χ3v) is 3.87. The summed E-state index contributed by atoms with van der Waals surface area (Å²) in [5, 5.41) is 22.4. The lowest BCUT2D eigenvalue weighted by molar-refractivity contribution is -0.121. The average molecular weight is 361 g/mol. The number of phenolic OH excluding ortho intramolecular Hbond substituents is 1. The summed E-state index contributed by atoms with van der Waals surface area (Å²) in [6.07, 6.45) is 6.41. The minimum Gasteiger partial charge on any atom is -0.507 e. The summed E-state index contributed by atoms with van der Waals surface area (Å²) >= 11 is 0. The Hall–Kier alpha value is -2.80. The Kier molecular flexibility index (Phi) is 6.80. The SMILES string of the molecule is COc1cc(O)c2c(c1)C=CCC(CO)NC(=O)CC=C[C@H](C)OC2=O. The van der Waals surface area contributed by atoms with Crippen LogP contribution in [-0.4, -0.2) is 48.0 Å². The Morgan fingerprint density at radius 1 is 1.31 bits per heavy atom. The molecule has 0 bridgehead atoms. The summed E-state index contributed by atoms with van der Waals surface area (Å²) in [4.78, 5) is 24.3. The van der Waals surface area contributed by atoms with Gasteiger partial charge >= 0.3 is 5.97 Å². The highest BCUT2D eigenvalue weighted by Gasteiger charge is 2.20. The molecule has 0 fully saturated rings. The lowest BCUT2D eigenvalue weighted by Gasteiger charge is -2.16. The minimum atomic E-state index is -0.679. The molecule has 1 aliphatic rings. The van der Waals surface area contributed by atoms with Crippen molar-refractivity contribution >= 4 is 18.0 Å². The standard InChI is InChI=1S/C19H23NO6/c1-12-5-3-8-17(23)20-14(11-21)7-4-6-13-9-15(25-2)10-16(22)18(13)19(24)26-12/h3-6,9-10,12,14,21-22H,7-8,11H2,1-2H3,(H,20,23)/t12-,14?/m0/s1. The Morgan fingerprint density at radius 2 is 2.08 bits per heavy atom. The van der Waals surface area contributed by atoms with Crippen molar-refractivity contribution in [2.45, 2.75) is 31.9 Å². The van der Waals surface area contributed by atoms with Crippen molar-refractivity contribution in [2.75, 3.05) is 13.7 Å². The van der Waals surface area contributed by atoms with E-state index in [0.29, 0.717) is 17.7 Å². The van der Waals surface area contributed by atoms with Gasteiger partial charge in [-0.05, 0) is 31.1 Å². The number of esters is 1. The van der Waals surface area contributed by atoms with Crippen LogP contribution >= 0.6 is 0 Å². The molecule has 1 unspecified atom stereocenters. The van der Waals surface area contributed by atoms with Crippen molar-refractivity contribution in [2.24, 2.45) is 0 Å². The second-order valence-electron chi connectivity index (χ2n) is 5.94. The first-order valence-corrected chi connectivity index (χ1v) is 8.30. The van der Waals surface area contributed by atoms with E-state index < -0.39 is 18.1 Å². The van der Waals surface area contributed by atoms with Crippen LogP contribution in [-0.2, 0) is 9.53 Å². The number of ether oxygens (including phenoxy) is 2. The zero-order valence-electron chi connectivity index (χ0n) is 14.8. The number of fused-ring (bicyclic) bond motifs is 1. The fourth-order valence-corrected chi connectivity index (χ4v) is 2.55. The van der Waals surface area contributed by atoms with Crippen molar-refractivity contribution in [1.29, 1.82) is 0 Å². The minimum absolute atomic E-state index is 0.0314. The smallest absolute Gasteiger partial charge is 0.343 e. The third-order valence-electron chi connectivity index (χ3n) is 3.87. The van der Waals surface area contributed by atoms with E-state index in [0.717, 1.165) is 0 Å². The van der Waals surface area contributed by atoms with Gasteiger partial charge in [-0.2, -0.15) is 0 Å². The molecule has 3 N–H and O–H groups in total. The number of aliphatic hydroxyl groups is 1. The van der Waals surface area contributed by atoms with Gasteiger partial charge in [0, 0.05) is 12.5 Å². The molecule has 1 aromatic rings. The molecule has 7 heteroatoms. The van der Waals surface area contributed by atoms with Gasteiger partial charge in [-0.3, -0.25) is 4.79 Å². The number of carbonyl (C=O) groups is 2. The second-order valence-corrected chi connectivity index (χ2v) is 5.94. The summed E-state index contributed by atoms with van der Waals surface area (Å²) in [5.41, 5.74) is 0.451. The number of aromatic hydroxyl groups is 1. The van der Waals surface area contributed by atoms with E-state index in [-0.39, 0.29) is 30.2 Å². The second kappa shape index (κ2) is 9.05. The van der Waals surface area contributed by atoms with Crippen molar-refractivity contribution in [3.63, 3.8) is 0 Å². The van der Waals surface area contributed by atoms with Crippen LogP contribution in [0.2, 0.25) is 0 Å². The van der Waals surface area contributed by atoms with Crippen LogP contribution in [0.3, 0.4) is 0 Å². The van der Waals surface area contributed by atoms with E-state index in [1.807, 2.05) is 0 Å². The molecule has 2 atom stereocenters. The molecule has 1 aliphatic heterocycles. The van der Waals surface area contributed by atoms with Crippen molar-refractivity contribution in [1.82, 2.24) is 5.32 Å². The molecule has 0 saturated carbocycles. The number of carbonyl (C=O) groups excluding carboxylic acids is 2. The fourth-order valence-electron chi connectivity index (χ4n) is 2.55. The maximum Gasteiger partial charge on any atom is 0.343 e. The molecule has 1 heterocycles. The van der Waals surface area contributed by atoms with Gasteiger partial charge in [0.15, 0.2) is 0 Å². The monoisotopic (exact) mass is 361 g/mol. The number of amides is 1. The number of hydrogen-bond acceptors (Lipinski definition) is 6. The van der Waals surface area contributed by atoms with Crippen LogP contribution in [0.15, 0.2) is 30.4 Å². The van der Waals surface area contributed by atoms with E-state index in [1.165, 1.54) is 13.2 Å². The van der Waals surface area contributed by atoms with Crippen LogP contribution in [0, 0.1) is 0 Å². The van der Waals surface area contributed by atoms with Gasteiger partial charge in [0.25, 0.3) is 0 Å². The highest BCUT2D eigenvalue weighted by atomic mass is 16.5. The predicted molar refractivity (Wildman–Crippen MR) is 96.0 cm³/mol. The molecule has 0 radical (unpaired) electrons. The van der Waals surface area contributed by atoms with Crippen LogP contribution in [0.5, 0.6) is 11.5 Å². The summed E-state index contributed by atoms with van der Waals surface area (Å²) in [5.74, 6) is -0.768. The molecule has 0 spiro atoms. The van der Waals surface area contributed by atoms with E-state index in [9.17, 15) is 19.8 Å². The molecular formula is C19H23NO6. The van der Waals surface area contributed by atoms with Crippen molar-refractivity contribution in [3.8, 4) is 11.5 Å². The first-order valence-electron chi connectivity index (χ1n) is 8.30. The van der Waals surface area contributed by atoms with Gasteiger partial charge in [-0.15, -0.1) is 0 Å². The summed E-state index contributed by atoms with van der Waals surface area (Å²) < 4.78 is 10.5. The van der Waals surface area contributed by atoms with E-state index in [2.05, 4.69) is 5.32 Å². The number of hydrogen-bond donors (Lipinski definition) is 3. The average Bonchev–Trinajstić information content (AvgIpc) is 2.59. The maximum atomic E-state index is 12.5. The van der Waals surface area contributed by atoms with Gasteiger partial charge in [-0.25, -0.2) is 4.79 Å². The van der Waals surface area contributed by atoms with Gasteiger partial charge in [0.1, 0.15) is 23.2 Å². The van der Waals surface area contributed by atoms with Gasteiger partial charge < -0.3 is 25.0 Å². The molecule has 1 amide bonds. The van der Waals surface area contributed by atoms with Crippen LogP contribution in [0.1, 0.15) is 35.7 Å². The Balaban J connectivity index is 2.44. The van der Waals surface area contributed by atoms with E-state index in [1.54, 1.807) is 37.3 Å². The number of rotatable bonds is 2. The highest BCUT2D eigenvalue weighted by molar-refractivity contribution is 5.97. The molecule has 7 nitrogen and oxygen atoms in total. The summed E-state index contributed by atoms with van der Waals surface area (Å²) in [6, 6.07) is 2.50. The maximum absolute atomic E-state index is 12.5. The largest absolute Gasteiger partial charge is 0.507 e. The molecule has 0 saturated heterocycles. The van der Waals surface area contributed by atoms with Crippen molar-refractivity contribution in [3.05, 3.63) is 41.5 Å². The normalized spacial score (nSPS) is 21.3. The molecule has 1 aromatic carbocycles. The van der Waals surface area contributed by atoms with Crippen LogP contribution < -0.4 is 10.1 Å². The Labute approximate surface area is 151 Å². The van der Waals surface area contributed by atoms with Gasteiger partial charge in [-0.1, -0.05) is 18.2 Å². The summed E-state index contributed by atoms with van der Waals surface area (Å²) in [7, 11) is 1.45. The first kappa shape index (κ1) is 19.5. The zero-order chi connectivity index (χ0) is 19.1. The van der Waals surface area contributed by atoms with Gasteiger partial charge in [0.05, 0.1) is 19.8 Å². The van der Waals surface area contributed by atoms with E-state index in [4.69, 9.17) is 9.47 Å². The van der Waals surface area contributed by atoms with E-state index >= 15 is 0 Å². The van der Waals surface area contributed by atoms with Gasteiger partial charge in [0.2, 0.25) is 5.91 Å².